The van der Waals surface area contributed by atoms with Crippen molar-refractivity contribution in [3.8, 4) is 0 Å². The number of nitrogens with zero attached hydrogens (tertiary/aromatic N) is 2. The molecule has 0 aliphatic heterocycles. The van der Waals surface area contributed by atoms with Gasteiger partial charge in [-0.1, -0.05) is 38.2 Å². The molecule has 0 bridgehead atoms. The van der Waals surface area contributed by atoms with Gasteiger partial charge in [-0.15, -0.1) is 0 Å². The Morgan fingerprint density at radius 3 is 2.85 bits per heavy atom. The zero-order chi connectivity index (χ0) is 14.2. The van der Waals surface area contributed by atoms with E-state index in [9.17, 15) is 4.79 Å². The van der Waals surface area contributed by atoms with Crippen molar-refractivity contribution in [2.45, 2.75) is 45.1 Å². The van der Waals surface area contributed by atoms with Gasteiger partial charge in [-0.25, -0.2) is 4.79 Å². The maximum absolute atomic E-state index is 12.0. The molecule has 0 saturated heterocycles. The smallest absolute Gasteiger partial charge is 0.317 e. The molecule has 0 unspecified atom stereocenters. The molecule has 1 aromatic heterocycles. The zero-order valence-electron chi connectivity index (χ0n) is 12.3. The van der Waals surface area contributed by atoms with Gasteiger partial charge in [0, 0.05) is 19.8 Å². The third-order valence-electron chi connectivity index (χ3n) is 4.09. The average Bonchev–Trinajstić information content (AvgIpc) is 2.52. The van der Waals surface area contributed by atoms with Gasteiger partial charge in [-0.2, -0.15) is 0 Å². The van der Waals surface area contributed by atoms with Crippen molar-refractivity contribution < 1.29 is 4.79 Å². The maximum atomic E-state index is 12.0. The van der Waals surface area contributed by atoms with Crippen LogP contribution in [0.4, 0.5) is 4.79 Å². The summed E-state index contributed by atoms with van der Waals surface area (Å²) in [5.74, 6) is 0.815. The van der Waals surface area contributed by atoms with Gasteiger partial charge in [0.1, 0.15) is 0 Å². The Kier molecular flexibility index (Phi) is 5.84. The molecule has 20 heavy (non-hydrogen) atoms. The van der Waals surface area contributed by atoms with Crippen LogP contribution >= 0.6 is 0 Å². The second-order valence-electron chi connectivity index (χ2n) is 5.69. The van der Waals surface area contributed by atoms with Crippen LogP contribution in [0.25, 0.3) is 0 Å². The van der Waals surface area contributed by atoms with Gasteiger partial charge >= 0.3 is 6.03 Å². The number of carbonyl (C=O) groups is 1. The van der Waals surface area contributed by atoms with Crippen molar-refractivity contribution in [3.63, 3.8) is 0 Å². The molecule has 0 aromatic carbocycles. The number of rotatable bonds is 5. The molecular formula is C16H25N3O. The number of pyridine rings is 1. The Morgan fingerprint density at radius 2 is 2.15 bits per heavy atom. The van der Waals surface area contributed by atoms with E-state index in [1.807, 2.05) is 25.2 Å². The molecule has 1 aliphatic rings. The third-order valence-corrected chi connectivity index (χ3v) is 4.09. The molecule has 0 spiro atoms. The summed E-state index contributed by atoms with van der Waals surface area (Å²) in [6, 6.07) is 5.72. The van der Waals surface area contributed by atoms with Crippen molar-refractivity contribution in [1.82, 2.24) is 15.2 Å². The number of carbonyl (C=O) groups excluding carboxylic acids is 1. The van der Waals surface area contributed by atoms with Gasteiger partial charge in [-0.3, -0.25) is 4.98 Å². The minimum absolute atomic E-state index is 0.00791. The second-order valence-corrected chi connectivity index (χ2v) is 5.69. The Balaban J connectivity index is 1.66. The summed E-state index contributed by atoms with van der Waals surface area (Å²) in [5, 5.41) is 2.91. The van der Waals surface area contributed by atoms with Crippen LogP contribution in [0.2, 0.25) is 0 Å². The first-order valence-electron chi connectivity index (χ1n) is 7.64. The van der Waals surface area contributed by atoms with E-state index in [4.69, 9.17) is 0 Å². The van der Waals surface area contributed by atoms with Crippen molar-refractivity contribution in [1.29, 1.82) is 0 Å². The summed E-state index contributed by atoms with van der Waals surface area (Å²) in [5.41, 5.74) is 0.890. The Labute approximate surface area is 121 Å². The SMILES string of the molecule is CN(CCC1CCCCC1)C(=O)NCc1ccccn1. The van der Waals surface area contributed by atoms with Crippen LogP contribution in [0.15, 0.2) is 24.4 Å². The van der Waals surface area contributed by atoms with E-state index in [2.05, 4.69) is 10.3 Å². The quantitative estimate of drug-likeness (QED) is 0.897. The van der Waals surface area contributed by atoms with E-state index in [0.29, 0.717) is 6.54 Å². The minimum Gasteiger partial charge on any atom is -0.332 e. The highest BCUT2D eigenvalue weighted by molar-refractivity contribution is 5.73. The number of aromatic nitrogens is 1. The molecule has 1 saturated carbocycles. The minimum atomic E-state index is -0.00791. The summed E-state index contributed by atoms with van der Waals surface area (Å²) < 4.78 is 0. The van der Waals surface area contributed by atoms with Crippen LogP contribution in [-0.2, 0) is 6.54 Å². The predicted molar refractivity (Wildman–Crippen MR) is 80.3 cm³/mol. The van der Waals surface area contributed by atoms with Crippen molar-refractivity contribution >= 4 is 6.03 Å². The van der Waals surface area contributed by atoms with Crippen LogP contribution in [0.3, 0.4) is 0 Å². The average molecular weight is 275 g/mol. The van der Waals surface area contributed by atoms with Crippen molar-refractivity contribution in [2.24, 2.45) is 5.92 Å². The molecule has 0 atom stereocenters. The van der Waals surface area contributed by atoms with Crippen LogP contribution < -0.4 is 5.32 Å². The fourth-order valence-corrected chi connectivity index (χ4v) is 2.76. The second kappa shape index (κ2) is 7.88. The third kappa shape index (κ3) is 4.83. The zero-order valence-corrected chi connectivity index (χ0v) is 12.3. The first kappa shape index (κ1) is 14.8. The van der Waals surface area contributed by atoms with E-state index >= 15 is 0 Å². The van der Waals surface area contributed by atoms with Crippen LogP contribution in [0, 0.1) is 5.92 Å². The van der Waals surface area contributed by atoms with Gasteiger partial charge in [0.25, 0.3) is 0 Å². The van der Waals surface area contributed by atoms with Gasteiger partial charge < -0.3 is 10.2 Å². The summed E-state index contributed by atoms with van der Waals surface area (Å²) in [6.45, 7) is 1.34. The van der Waals surface area contributed by atoms with Gasteiger partial charge in [0.2, 0.25) is 0 Å². The largest absolute Gasteiger partial charge is 0.332 e. The highest BCUT2D eigenvalue weighted by Crippen LogP contribution is 2.26. The molecule has 0 radical (unpaired) electrons. The summed E-state index contributed by atoms with van der Waals surface area (Å²) in [6.07, 6.45) is 9.66. The fraction of sp³-hybridized carbons (Fsp3) is 0.625. The Hall–Kier alpha value is -1.58. The summed E-state index contributed by atoms with van der Waals surface area (Å²) in [7, 11) is 1.87. The van der Waals surface area contributed by atoms with E-state index in [1.165, 1.54) is 32.1 Å². The van der Waals surface area contributed by atoms with Crippen LogP contribution in [0.1, 0.15) is 44.2 Å². The molecule has 1 aromatic rings. The number of hydrogen-bond donors (Lipinski definition) is 1. The molecule has 2 rings (SSSR count). The van der Waals surface area contributed by atoms with E-state index in [0.717, 1.165) is 24.6 Å². The Morgan fingerprint density at radius 1 is 1.35 bits per heavy atom. The lowest BCUT2D eigenvalue weighted by atomic mass is 9.87. The molecule has 1 aliphatic carbocycles. The highest BCUT2D eigenvalue weighted by atomic mass is 16.2. The molecule has 4 heteroatoms. The van der Waals surface area contributed by atoms with E-state index < -0.39 is 0 Å². The maximum Gasteiger partial charge on any atom is 0.317 e. The molecule has 2 amide bonds. The lowest BCUT2D eigenvalue weighted by Gasteiger charge is -2.24. The standard InChI is InChI=1S/C16H25N3O/c1-19(12-10-14-7-3-2-4-8-14)16(20)18-13-15-9-5-6-11-17-15/h5-6,9,11,14H,2-4,7-8,10,12-13H2,1H3,(H,18,20). The molecule has 1 fully saturated rings. The first-order chi connectivity index (χ1) is 9.75. The topological polar surface area (TPSA) is 45.2 Å². The fourth-order valence-electron chi connectivity index (χ4n) is 2.76. The first-order valence-corrected chi connectivity index (χ1v) is 7.64. The molecule has 4 nitrogen and oxygen atoms in total. The lowest BCUT2D eigenvalue weighted by molar-refractivity contribution is 0.201. The molecular weight excluding hydrogens is 250 g/mol. The van der Waals surface area contributed by atoms with Gasteiger partial charge in [0.15, 0.2) is 0 Å². The lowest BCUT2D eigenvalue weighted by Crippen LogP contribution is -2.38. The predicted octanol–water partition coefficient (Wildman–Crippen LogP) is 3.19. The highest BCUT2D eigenvalue weighted by Gasteiger charge is 2.15. The van der Waals surface area contributed by atoms with Crippen LogP contribution in [0.5, 0.6) is 0 Å². The van der Waals surface area contributed by atoms with Gasteiger partial charge in [0.05, 0.1) is 12.2 Å². The summed E-state index contributed by atoms with van der Waals surface area (Å²) in [4.78, 5) is 18.0. The van der Waals surface area contributed by atoms with E-state index in [-0.39, 0.29) is 6.03 Å². The Bertz CT molecular complexity index is 401. The number of urea groups is 1. The monoisotopic (exact) mass is 275 g/mol. The normalized spacial score (nSPS) is 15.8. The van der Waals surface area contributed by atoms with Crippen molar-refractivity contribution in [2.75, 3.05) is 13.6 Å². The van der Waals surface area contributed by atoms with E-state index in [1.54, 1.807) is 11.1 Å². The van der Waals surface area contributed by atoms with Crippen LogP contribution in [-0.4, -0.2) is 29.5 Å². The number of amides is 2. The number of hydrogen-bond acceptors (Lipinski definition) is 2. The molecule has 1 heterocycles. The van der Waals surface area contributed by atoms with Gasteiger partial charge in [-0.05, 0) is 24.5 Å². The number of nitrogens with one attached hydrogen (secondary N) is 1. The summed E-state index contributed by atoms with van der Waals surface area (Å²) >= 11 is 0. The molecule has 1 N–H and O–H groups in total. The molecule has 110 valence electrons. The van der Waals surface area contributed by atoms with Crippen molar-refractivity contribution in [3.05, 3.63) is 30.1 Å².